The zero-order chi connectivity index (χ0) is 16.4. The van der Waals surface area contributed by atoms with E-state index in [1.54, 1.807) is 6.92 Å². The molecule has 21 heavy (non-hydrogen) atoms. The van der Waals surface area contributed by atoms with Crippen molar-refractivity contribution in [2.45, 2.75) is 71.6 Å². The van der Waals surface area contributed by atoms with E-state index in [0.29, 0.717) is 6.42 Å². The molecule has 124 valence electrons. The van der Waals surface area contributed by atoms with Crippen LogP contribution in [0.2, 0.25) is 0 Å². The van der Waals surface area contributed by atoms with Gasteiger partial charge in [-0.15, -0.1) is 0 Å². The molecule has 0 heterocycles. The molecule has 1 saturated carbocycles. The summed E-state index contributed by atoms with van der Waals surface area (Å²) >= 11 is 0. The van der Waals surface area contributed by atoms with Gasteiger partial charge in [-0.05, 0) is 37.5 Å². The standard InChI is InChI=1S/C15H27F3N2O/c1-10(11-5-6-11)20(9-15(16,17)18)13(21)7-12(19)8-14(2,3)4/h10-12H,5-9,19H2,1-4H3. The van der Waals surface area contributed by atoms with Gasteiger partial charge in [0.15, 0.2) is 0 Å². The summed E-state index contributed by atoms with van der Waals surface area (Å²) < 4.78 is 38.1. The topological polar surface area (TPSA) is 46.3 Å². The van der Waals surface area contributed by atoms with E-state index in [-0.39, 0.29) is 23.8 Å². The van der Waals surface area contributed by atoms with Gasteiger partial charge in [-0.1, -0.05) is 20.8 Å². The first kappa shape index (κ1) is 18.3. The Kier molecular flexibility index (Phi) is 5.69. The summed E-state index contributed by atoms with van der Waals surface area (Å²) in [4.78, 5) is 13.2. The molecule has 2 atom stereocenters. The number of hydrogen-bond donors (Lipinski definition) is 1. The lowest BCUT2D eigenvalue weighted by molar-refractivity contribution is -0.166. The normalized spacial score (nSPS) is 19.2. The summed E-state index contributed by atoms with van der Waals surface area (Å²) in [7, 11) is 0. The van der Waals surface area contributed by atoms with E-state index in [0.717, 1.165) is 17.7 Å². The van der Waals surface area contributed by atoms with E-state index < -0.39 is 24.7 Å². The molecule has 2 unspecified atom stereocenters. The van der Waals surface area contributed by atoms with Crippen molar-refractivity contribution < 1.29 is 18.0 Å². The molecule has 0 aromatic rings. The highest BCUT2D eigenvalue weighted by molar-refractivity contribution is 5.77. The summed E-state index contributed by atoms with van der Waals surface area (Å²) in [5.41, 5.74) is 5.88. The molecule has 0 bridgehead atoms. The van der Waals surface area contributed by atoms with Crippen molar-refractivity contribution in [3.8, 4) is 0 Å². The molecule has 0 spiro atoms. The molecule has 1 rings (SSSR count). The fourth-order valence-electron chi connectivity index (χ4n) is 2.69. The number of carbonyl (C=O) groups excluding carboxylic acids is 1. The van der Waals surface area contributed by atoms with Crippen LogP contribution < -0.4 is 5.73 Å². The van der Waals surface area contributed by atoms with Crippen LogP contribution in [0.4, 0.5) is 13.2 Å². The lowest BCUT2D eigenvalue weighted by Crippen LogP contribution is -2.47. The number of nitrogens with two attached hydrogens (primary N) is 1. The first-order chi connectivity index (χ1) is 9.39. The van der Waals surface area contributed by atoms with Gasteiger partial charge in [-0.25, -0.2) is 0 Å². The van der Waals surface area contributed by atoms with Crippen LogP contribution in [0.15, 0.2) is 0 Å². The van der Waals surface area contributed by atoms with Crippen molar-refractivity contribution in [1.82, 2.24) is 4.90 Å². The van der Waals surface area contributed by atoms with E-state index in [2.05, 4.69) is 0 Å². The van der Waals surface area contributed by atoms with Crippen molar-refractivity contribution in [2.75, 3.05) is 6.54 Å². The maximum absolute atomic E-state index is 12.7. The van der Waals surface area contributed by atoms with Gasteiger partial charge in [-0.2, -0.15) is 13.2 Å². The average molecular weight is 308 g/mol. The predicted octanol–water partition coefficient (Wildman–Crippen LogP) is 3.33. The minimum Gasteiger partial charge on any atom is -0.331 e. The first-order valence-corrected chi connectivity index (χ1v) is 7.51. The third-order valence-corrected chi connectivity index (χ3v) is 3.78. The average Bonchev–Trinajstić information content (AvgIpc) is 3.03. The number of hydrogen-bond acceptors (Lipinski definition) is 2. The van der Waals surface area contributed by atoms with Gasteiger partial charge in [0.2, 0.25) is 5.91 Å². The van der Waals surface area contributed by atoms with Crippen LogP contribution in [-0.4, -0.2) is 35.6 Å². The Morgan fingerprint density at radius 3 is 2.19 bits per heavy atom. The van der Waals surface area contributed by atoms with Crippen molar-refractivity contribution in [3.05, 3.63) is 0 Å². The van der Waals surface area contributed by atoms with Crippen LogP contribution in [0.5, 0.6) is 0 Å². The summed E-state index contributed by atoms with van der Waals surface area (Å²) in [6.45, 7) is 6.52. The molecule has 6 heteroatoms. The van der Waals surface area contributed by atoms with Crippen molar-refractivity contribution in [2.24, 2.45) is 17.1 Å². The quantitative estimate of drug-likeness (QED) is 0.818. The summed E-state index contributed by atoms with van der Waals surface area (Å²) in [5.74, 6) is -0.279. The van der Waals surface area contributed by atoms with Crippen LogP contribution in [0, 0.1) is 11.3 Å². The molecule has 0 aromatic heterocycles. The summed E-state index contributed by atoms with van der Waals surface area (Å²) in [5, 5.41) is 0. The van der Waals surface area contributed by atoms with E-state index in [9.17, 15) is 18.0 Å². The second kappa shape index (κ2) is 6.55. The molecular weight excluding hydrogens is 281 g/mol. The van der Waals surface area contributed by atoms with Crippen molar-refractivity contribution in [1.29, 1.82) is 0 Å². The zero-order valence-corrected chi connectivity index (χ0v) is 13.3. The molecule has 0 aliphatic heterocycles. The first-order valence-electron chi connectivity index (χ1n) is 7.51. The van der Waals surface area contributed by atoms with E-state index in [4.69, 9.17) is 5.73 Å². The predicted molar refractivity (Wildman–Crippen MR) is 76.6 cm³/mol. The molecule has 3 nitrogen and oxygen atoms in total. The van der Waals surface area contributed by atoms with Gasteiger partial charge >= 0.3 is 6.18 Å². The third-order valence-electron chi connectivity index (χ3n) is 3.78. The monoisotopic (exact) mass is 308 g/mol. The molecule has 0 aromatic carbocycles. The second-order valence-electron chi connectivity index (χ2n) is 7.44. The number of carbonyl (C=O) groups is 1. The summed E-state index contributed by atoms with van der Waals surface area (Å²) in [6, 6.07) is -0.763. The van der Waals surface area contributed by atoms with Gasteiger partial charge in [0.1, 0.15) is 6.54 Å². The van der Waals surface area contributed by atoms with Gasteiger partial charge in [-0.3, -0.25) is 4.79 Å². The lowest BCUT2D eigenvalue weighted by atomic mass is 9.87. The molecule has 2 N–H and O–H groups in total. The number of halogens is 3. The zero-order valence-electron chi connectivity index (χ0n) is 13.3. The van der Waals surface area contributed by atoms with Crippen LogP contribution in [0.1, 0.15) is 53.4 Å². The molecule has 0 saturated heterocycles. The van der Waals surface area contributed by atoms with E-state index in [1.807, 2.05) is 20.8 Å². The van der Waals surface area contributed by atoms with Crippen molar-refractivity contribution in [3.63, 3.8) is 0 Å². The number of nitrogens with zero attached hydrogens (tertiary/aromatic N) is 1. The Hall–Kier alpha value is -0.780. The highest BCUT2D eigenvalue weighted by atomic mass is 19.4. The van der Waals surface area contributed by atoms with E-state index in [1.165, 1.54) is 0 Å². The van der Waals surface area contributed by atoms with Crippen molar-refractivity contribution >= 4 is 5.91 Å². The Balaban J connectivity index is 2.66. The van der Waals surface area contributed by atoms with Gasteiger partial charge in [0.25, 0.3) is 0 Å². The van der Waals surface area contributed by atoms with E-state index >= 15 is 0 Å². The molecule has 0 radical (unpaired) electrons. The van der Waals surface area contributed by atoms with Crippen LogP contribution >= 0.6 is 0 Å². The Bertz CT molecular complexity index is 359. The van der Waals surface area contributed by atoms with Gasteiger partial charge in [0.05, 0.1) is 0 Å². The van der Waals surface area contributed by atoms with Crippen LogP contribution in [0.3, 0.4) is 0 Å². The highest BCUT2D eigenvalue weighted by Crippen LogP contribution is 2.36. The number of rotatable bonds is 6. The minimum atomic E-state index is -4.37. The molecule has 1 amide bonds. The Morgan fingerprint density at radius 1 is 1.29 bits per heavy atom. The summed E-state index contributed by atoms with van der Waals surface area (Å²) in [6.07, 6.45) is -1.98. The highest BCUT2D eigenvalue weighted by Gasteiger charge is 2.40. The smallest absolute Gasteiger partial charge is 0.331 e. The van der Waals surface area contributed by atoms with Crippen LogP contribution in [-0.2, 0) is 4.79 Å². The fourth-order valence-corrected chi connectivity index (χ4v) is 2.69. The lowest BCUT2D eigenvalue weighted by Gasteiger charge is -2.32. The number of alkyl halides is 3. The van der Waals surface area contributed by atoms with Gasteiger partial charge < -0.3 is 10.6 Å². The fraction of sp³-hybridized carbons (Fsp3) is 0.933. The number of amides is 1. The Morgan fingerprint density at radius 2 is 1.81 bits per heavy atom. The Labute approximate surface area is 125 Å². The molecular formula is C15H27F3N2O. The minimum absolute atomic E-state index is 0.0234. The SMILES string of the molecule is CC(C1CC1)N(CC(F)(F)F)C(=O)CC(N)CC(C)(C)C. The maximum Gasteiger partial charge on any atom is 0.406 e. The van der Waals surface area contributed by atoms with Gasteiger partial charge in [0, 0.05) is 18.5 Å². The molecule has 1 fully saturated rings. The maximum atomic E-state index is 12.7. The molecule has 1 aliphatic rings. The largest absolute Gasteiger partial charge is 0.406 e. The third kappa shape index (κ3) is 7.16. The van der Waals surface area contributed by atoms with Crippen LogP contribution in [0.25, 0.3) is 0 Å². The second-order valence-corrected chi connectivity index (χ2v) is 7.44. The molecule has 1 aliphatic carbocycles.